The minimum Gasteiger partial charge on any atom is -0.481 e. The summed E-state index contributed by atoms with van der Waals surface area (Å²) < 4.78 is 0. The molecule has 0 radical (unpaired) electrons. The van der Waals surface area contributed by atoms with E-state index in [0.717, 1.165) is 13.0 Å². The lowest BCUT2D eigenvalue weighted by Crippen LogP contribution is -2.47. The predicted octanol–water partition coefficient (Wildman–Crippen LogP) is 0.0188. The van der Waals surface area contributed by atoms with Crippen molar-refractivity contribution in [1.82, 2.24) is 15.5 Å². The topological polar surface area (TPSA) is 98.7 Å². The molecule has 1 fully saturated rings. The van der Waals surface area contributed by atoms with Gasteiger partial charge in [0.05, 0.1) is 5.41 Å². The van der Waals surface area contributed by atoms with Crippen molar-refractivity contribution in [3.8, 4) is 0 Å². The molecule has 1 aliphatic heterocycles. The minimum absolute atomic E-state index is 0.184. The molecular formula is C12H21N3O4. The van der Waals surface area contributed by atoms with E-state index >= 15 is 0 Å². The number of carboxylic acids is 1. The molecule has 0 saturated carbocycles. The van der Waals surface area contributed by atoms with Crippen LogP contribution in [-0.4, -0.2) is 54.6 Å². The summed E-state index contributed by atoms with van der Waals surface area (Å²) in [6, 6.07) is -0.529. The Kier molecular flexibility index (Phi) is 5.29. The van der Waals surface area contributed by atoms with Gasteiger partial charge in [0.25, 0.3) is 0 Å². The van der Waals surface area contributed by atoms with Gasteiger partial charge in [-0.2, -0.15) is 0 Å². The standard InChI is InChI=1S/C12H21N3O4/c1-12(10(17)18)5-3-6-15(8-12)7-4-9(16)14-11(19)13-2/h3-8H2,1-2H3,(H,17,18)(H2,13,14,16,19). The van der Waals surface area contributed by atoms with Gasteiger partial charge in [0.15, 0.2) is 0 Å². The number of nitrogens with zero attached hydrogens (tertiary/aromatic N) is 1. The zero-order valence-electron chi connectivity index (χ0n) is 11.4. The van der Waals surface area contributed by atoms with E-state index in [9.17, 15) is 19.5 Å². The molecule has 7 heteroatoms. The van der Waals surface area contributed by atoms with Crippen LogP contribution in [0.1, 0.15) is 26.2 Å². The quantitative estimate of drug-likeness (QED) is 0.669. The number of hydrogen-bond donors (Lipinski definition) is 3. The van der Waals surface area contributed by atoms with Crippen LogP contribution in [0.15, 0.2) is 0 Å². The molecule has 3 N–H and O–H groups in total. The third-order valence-electron chi connectivity index (χ3n) is 3.43. The highest BCUT2D eigenvalue weighted by atomic mass is 16.4. The first kappa shape index (κ1) is 15.4. The molecule has 0 spiro atoms. The van der Waals surface area contributed by atoms with E-state index in [4.69, 9.17) is 0 Å². The number of nitrogens with one attached hydrogen (secondary N) is 2. The lowest BCUT2D eigenvalue weighted by Gasteiger charge is -2.37. The SMILES string of the molecule is CNC(=O)NC(=O)CCN1CCCC(C)(C(=O)O)C1. The molecular weight excluding hydrogens is 250 g/mol. The average Bonchev–Trinajstić information content (AvgIpc) is 2.36. The molecule has 0 aliphatic carbocycles. The van der Waals surface area contributed by atoms with Crippen molar-refractivity contribution >= 4 is 17.9 Å². The zero-order chi connectivity index (χ0) is 14.5. The fourth-order valence-corrected chi connectivity index (χ4v) is 2.22. The number of urea groups is 1. The van der Waals surface area contributed by atoms with E-state index in [1.54, 1.807) is 6.92 Å². The van der Waals surface area contributed by atoms with E-state index in [-0.39, 0.29) is 12.3 Å². The molecule has 0 aromatic rings. The van der Waals surface area contributed by atoms with Crippen molar-refractivity contribution in [3.05, 3.63) is 0 Å². The van der Waals surface area contributed by atoms with Gasteiger partial charge in [-0.15, -0.1) is 0 Å². The van der Waals surface area contributed by atoms with Crippen LogP contribution >= 0.6 is 0 Å². The Labute approximate surface area is 112 Å². The van der Waals surface area contributed by atoms with E-state index in [2.05, 4.69) is 10.6 Å². The molecule has 1 heterocycles. The maximum absolute atomic E-state index is 11.4. The Morgan fingerprint density at radius 2 is 2.05 bits per heavy atom. The number of carboxylic acid groups (broad SMARTS) is 1. The summed E-state index contributed by atoms with van der Waals surface area (Å²) in [4.78, 5) is 35.5. The van der Waals surface area contributed by atoms with E-state index < -0.39 is 17.4 Å². The van der Waals surface area contributed by atoms with Crippen molar-refractivity contribution in [2.45, 2.75) is 26.2 Å². The molecule has 1 unspecified atom stereocenters. The molecule has 0 aromatic heterocycles. The first-order chi connectivity index (χ1) is 8.87. The summed E-state index contributed by atoms with van der Waals surface area (Å²) in [7, 11) is 1.44. The molecule has 0 bridgehead atoms. The third-order valence-corrected chi connectivity index (χ3v) is 3.43. The molecule has 1 atom stereocenters. The van der Waals surface area contributed by atoms with Gasteiger partial charge in [-0.25, -0.2) is 4.79 Å². The number of rotatable bonds is 4. The highest BCUT2D eigenvalue weighted by Gasteiger charge is 2.37. The normalized spacial score (nSPS) is 23.7. The average molecular weight is 271 g/mol. The number of aliphatic carboxylic acids is 1. The summed E-state index contributed by atoms with van der Waals surface area (Å²) in [6.45, 7) is 3.42. The maximum atomic E-state index is 11.4. The second-order valence-electron chi connectivity index (χ2n) is 5.12. The largest absolute Gasteiger partial charge is 0.481 e. The summed E-state index contributed by atoms with van der Waals surface area (Å²) in [5.41, 5.74) is -0.741. The fraction of sp³-hybridized carbons (Fsp3) is 0.750. The summed E-state index contributed by atoms with van der Waals surface area (Å²) in [6.07, 6.45) is 1.65. The van der Waals surface area contributed by atoms with Gasteiger partial charge in [-0.1, -0.05) is 0 Å². The number of imide groups is 1. The number of likely N-dealkylation sites (tertiary alicyclic amines) is 1. The van der Waals surface area contributed by atoms with Gasteiger partial charge in [0.2, 0.25) is 5.91 Å². The first-order valence-corrected chi connectivity index (χ1v) is 6.35. The Morgan fingerprint density at radius 3 is 2.63 bits per heavy atom. The van der Waals surface area contributed by atoms with Gasteiger partial charge < -0.3 is 15.3 Å². The Hall–Kier alpha value is -1.63. The molecule has 7 nitrogen and oxygen atoms in total. The van der Waals surface area contributed by atoms with Gasteiger partial charge >= 0.3 is 12.0 Å². The Bertz CT molecular complexity index is 372. The number of amides is 3. The van der Waals surface area contributed by atoms with Crippen molar-refractivity contribution < 1.29 is 19.5 Å². The third kappa shape index (κ3) is 4.51. The van der Waals surface area contributed by atoms with Crippen LogP contribution < -0.4 is 10.6 Å². The summed E-state index contributed by atoms with van der Waals surface area (Å²) >= 11 is 0. The van der Waals surface area contributed by atoms with Crippen molar-refractivity contribution in [2.75, 3.05) is 26.7 Å². The number of carbonyl (C=O) groups excluding carboxylic acids is 2. The lowest BCUT2D eigenvalue weighted by atomic mass is 9.82. The second-order valence-corrected chi connectivity index (χ2v) is 5.12. The number of hydrogen-bond acceptors (Lipinski definition) is 4. The van der Waals surface area contributed by atoms with Gasteiger partial charge in [0, 0.05) is 26.6 Å². The highest BCUT2D eigenvalue weighted by molar-refractivity contribution is 5.94. The van der Waals surface area contributed by atoms with Gasteiger partial charge in [-0.05, 0) is 26.3 Å². The van der Waals surface area contributed by atoms with Crippen LogP contribution in [0.25, 0.3) is 0 Å². The van der Waals surface area contributed by atoms with Gasteiger partial charge in [0.1, 0.15) is 0 Å². The smallest absolute Gasteiger partial charge is 0.321 e. The molecule has 19 heavy (non-hydrogen) atoms. The van der Waals surface area contributed by atoms with Crippen LogP contribution in [0.5, 0.6) is 0 Å². The Morgan fingerprint density at radius 1 is 1.37 bits per heavy atom. The van der Waals surface area contributed by atoms with E-state index in [1.807, 2.05) is 4.90 Å². The molecule has 3 amide bonds. The number of carbonyl (C=O) groups is 3. The summed E-state index contributed by atoms with van der Waals surface area (Å²) in [5, 5.41) is 13.7. The highest BCUT2D eigenvalue weighted by Crippen LogP contribution is 2.29. The minimum atomic E-state index is -0.799. The van der Waals surface area contributed by atoms with Crippen LogP contribution in [0.3, 0.4) is 0 Å². The fourth-order valence-electron chi connectivity index (χ4n) is 2.22. The Balaban J connectivity index is 2.39. The van der Waals surface area contributed by atoms with Crippen LogP contribution in [0.2, 0.25) is 0 Å². The molecule has 1 rings (SSSR count). The number of piperidine rings is 1. The maximum Gasteiger partial charge on any atom is 0.321 e. The van der Waals surface area contributed by atoms with Crippen LogP contribution in [0.4, 0.5) is 4.79 Å². The van der Waals surface area contributed by atoms with Crippen molar-refractivity contribution in [1.29, 1.82) is 0 Å². The monoisotopic (exact) mass is 271 g/mol. The van der Waals surface area contributed by atoms with Crippen molar-refractivity contribution in [3.63, 3.8) is 0 Å². The van der Waals surface area contributed by atoms with Crippen molar-refractivity contribution in [2.24, 2.45) is 5.41 Å². The van der Waals surface area contributed by atoms with E-state index in [0.29, 0.717) is 19.5 Å². The zero-order valence-corrected chi connectivity index (χ0v) is 11.4. The van der Waals surface area contributed by atoms with Crippen LogP contribution in [-0.2, 0) is 9.59 Å². The van der Waals surface area contributed by atoms with Gasteiger partial charge in [-0.3, -0.25) is 14.9 Å². The van der Waals surface area contributed by atoms with Crippen LogP contribution in [0, 0.1) is 5.41 Å². The predicted molar refractivity (Wildman–Crippen MR) is 68.6 cm³/mol. The lowest BCUT2D eigenvalue weighted by molar-refractivity contribution is -0.151. The molecule has 0 aromatic carbocycles. The summed E-state index contributed by atoms with van der Waals surface area (Å²) in [5.74, 6) is -1.16. The second kappa shape index (κ2) is 6.51. The van der Waals surface area contributed by atoms with E-state index in [1.165, 1.54) is 7.05 Å². The molecule has 108 valence electrons. The first-order valence-electron chi connectivity index (χ1n) is 6.35. The molecule has 1 saturated heterocycles. The molecule has 1 aliphatic rings.